The molecule has 1 unspecified atom stereocenters. The predicted molar refractivity (Wildman–Crippen MR) is 155 cm³/mol. The zero-order chi connectivity index (χ0) is 26.6. The number of hydrogen-bond acceptors (Lipinski definition) is 4. The molecule has 6 aromatic rings. The molecule has 0 spiro atoms. The number of carbonyl (C=O) groups excluding carboxylic acids is 1. The minimum absolute atomic E-state index is 0.323. The van der Waals surface area contributed by atoms with Gasteiger partial charge in [0.2, 0.25) is 0 Å². The van der Waals surface area contributed by atoms with Crippen LogP contribution in [0.5, 0.6) is 0 Å². The average molecular weight is 505 g/mol. The normalized spacial score (nSPS) is 15.6. The summed E-state index contributed by atoms with van der Waals surface area (Å²) in [6.07, 6.45) is 3.57. The van der Waals surface area contributed by atoms with Crippen molar-refractivity contribution in [2.45, 2.75) is 12.5 Å². The molecule has 0 fully saturated rings. The third-order valence-corrected chi connectivity index (χ3v) is 7.56. The Balaban J connectivity index is 1.67. The van der Waals surface area contributed by atoms with Crippen LogP contribution in [0.2, 0.25) is 0 Å². The second-order valence-electron chi connectivity index (χ2n) is 9.89. The number of pyridine rings is 2. The Labute approximate surface area is 226 Å². The third kappa shape index (κ3) is 3.35. The van der Waals surface area contributed by atoms with E-state index in [0.717, 1.165) is 49.4 Å². The summed E-state index contributed by atoms with van der Waals surface area (Å²) in [4.78, 5) is 23.1. The number of esters is 1. The van der Waals surface area contributed by atoms with Gasteiger partial charge in [0, 0.05) is 34.7 Å². The molecular formula is C35H24N2O2. The molecule has 4 aromatic carbocycles. The smallest absolute Gasteiger partial charge is 0.334 e. The summed E-state index contributed by atoms with van der Waals surface area (Å²) in [6, 6.07) is 34.8. The highest BCUT2D eigenvalue weighted by Gasteiger charge is 2.52. The Morgan fingerprint density at radius 3 is 2.10 bits per heavy atom. The van der Waals surface area contributed by atoms with Crippen molar-refractivity contribution in [3.63, 3.8) is 0 Å². The maximum atomic E-state index is 13.5. The van der Waals surface area contributed by atoms with Gasteiger partial charge in [0.1, 0.15) is 0 Å². The van der Waals surface area contributed by atoms with Gasteiger partial charge in [-0.15, -0.1) is 0 Å². The molecule has 2 heterocycles. The van der Waals surface area contributed by atoms with Gasteiger partial charge < -0.3 is 4.74 Å². The van der Waals surface area contributed by atoms with Crippen molar-refractivity contribution >= 4 is 27.5 Å². The van der Waals surface area contributed by atoms with Crippen LogP contribution in [-0.2, 0) is 15.1 Å². The number of nitrogens with zero attached hydrogens (tertiary/aromatic N) is 2. The number of carbonyl (C=O) groups is 1. The highest BCUT2D eigenvalue weighted by molar-refractivity contribution is 6.01. The summed E-state index contributed by atoms with van der Waals surface area (Å²) >= 11 is 0. The molecule has 1 atom stereocenters. The number of benzene rings is 4. The maximum absolute atomic E-state index is 13.5. The van der Waals surface area contributed by atoms with E-state index in [-0.39, 0.29) is 0 Å². The molecule has 186 valence electrons. The van der Waals surface area contributed by atoms with E-state index in [1.165, 1.54) is 0 Å². The Hall–Kier alpha value is -5.09. The van der Waals surface area contributed by atoms with E-state index >= 15 is 0 Å². The minimum atomic E-state index is -1.30. The molecular weight excluding hydrogens is 480 g/mol. The number of ether oxygens (including phenoxy) is 1. The van der Waals surface area contributed by atoms with E-state index in [1.54, 1.807) is 13.1 Å². The lowest BCUT2D eigenvalue weighted by Gasteiger charge is -2.34. The average Bonchev–Trinajstić information content (AvgIpc) is 3.27. The lowest BCUT2D eigenvalue weighted by Crippen LogP contribution is -2.34. The highest BCUT2D eigenvalue weighted by Crippen LogP contribution is 2.56. The van der Waals surface area contributed by atoms with Gasteiger partial charge in [0.15, 0.2) is 5.60 Å². The first-order valence-corrected chi connectivity index (χ1v) is 12.9. The Morgan fingerprint density at radius 1 is 0.667 bits per heavy atom. The molecule has 7 rings (SSSR count). The standard InChI is InChI=1S/C35H24N2O2/c1-22(2)34(38)39-35(29-17-8-13-24-11-4-6-15-26(24)29)30-18-9-20-36-32(30)33-31(35)28(19-21-37-33)27-16-7-12-23-10-3-5-14-25(23)27/h3-21H,1H2,2H3. The lowest BCUT2D eigenvalue weighted by molar-refractivity contribution is -0.148. The molecule has 39 heavy (non-hydrogen) atoms. The summed E-state index contributed by atoms with van der Waals surface area (Å²) in [5.41, 5.74) is 4.87. The van der Waals surface area contributed by atoms with E-state index in [0.29, 0.717) is 17.0 Å². The molecule has 0 N–H and O–H groups in total. The van der Waals surface area contributed by atoms with Crippen LogP contribution < -0.4 is 0 Å². The van der Waals surface area contributed by atoms with Crippen LogP contribution in [0.25, 0.3) is 44.1 Å². The first-order chi connectivity index (χ1) is 19.1. The topological polar surface area (TPSA) is 52.1 Å². The van der Waals surface area contributed by atoms with E-state index in [2.05, 4.69) is 55.1 Å². The summed E-state index contributed by atoms with van der Waals surface area (Å²) in [7, 11) is 0. The fraction of sp³-hybridized carbons (Fsp3) is 0.0571. The number of aromatic nitrogens is 2. The first-order valence-electron chi connectivity index (χ1n) is 12.9. The van der Waals surface area contributed by atoms with Crippen molar-refractivity contribution in [1.29, 1.82) is 0 Å². The zero-order valence-electron chi connectivity index (χ0n) is 21.4. The summed E-state index contributed by atoms with van der Waals surface area (Å²) in [6.45, 7) is 5.59. The summed E-state index contributed by atoms with van der Waals surface area (Å²) in [5, 5.41) is 4.28. The van der Waals surface area contributed by atoms with Gasteiger partial charge in [-0.2, -0.15) is 0 Å². The Kier molecular flexibility index (Phi) is 5.17. The van der Waals surface area contributed by atoms with Crippen LogP contribution in [0, 0.1) is 0 Å². The van der Waals surface area contributed by atoms with Gasteiger partial charge in [-0.1, -0.05) is 97.6 Å². The zero-order valence-corrected chi connectivity index (χ0v) is 21.4. The molecule has 0 aliphatic heterocycles. The predicted octanol–water partition coefficient (Wildman–Crippen LogP) is 7.84. The summed E-state index contributed by atoms with van der Waals surface area (Å²) < 4.78 is 6.66. The molecule has 0 amide bonds. The fourth-order valence-corrected chi connectivity index (χ4v) is 5.89. The van der Waals surface area contributed by atoms with Crippen LogP contribution in [0.3, 0.4) is 0 Å². The highest BCUT2D eigenvalue weighted by atomic mass is 16.6. The van der Waals surface area contributed by atoms with Crippen molar-refractivity contribution in [2.24, 2.45) is 0 Å². The second-order valence-corrected chi connectivity index (χ2v) is 9.89. The Morgan fingerprint density at radius 2 is 1.31 bits per heavy atom. The minimum Gasteiger partial charge on any atom is -0.441 e. The van der Waals surface area contributed by atoms with E-state index in [1.807, 2.05) is 60.8 Å². The van der Waals surface area contributed by atoms with E-state index in [9.17, 15) is 4.79 Å². The van der Waals surface area contributed by atoms with Crippen LogP contribution in [0.15, 0.2) is 128 Å². The van der Waals surface area contributed by atoms with Crippen LogP contribution in [0.4, 0.5) is 0 Å². The first kappa shape index (κ1) is 23.1. The molecule has 0 bridgehead atoms. The van der Waals surface area contributed by atoms with Crippen LogP contribution >= 0.6 is 0 Å². The van der Waals surface area contributed by atoms with Crippen molar-refractivity contribution < 1.29 is 9.53 Å². The molecule has 1 aliphatic carbocycles. The largest absolute Gasteiger partial charge is 0.441 e. The molecule has 2 aromatic heterocycles. The molecule has 1 aliphatic rings. The molecule has 0 saturated carbocycles. The molecule has 4 heteroatoms. The fourth-order valence-electron chi connectivity index (χ4n) is 5.89. The van der Waals surface area contributed by atoms with Gasteiger partial charge >= 0.3 is 5.97 Å². The van der Waals surface area contributed by atoms with Crippen molar-refractivity contribution in [3.05, 3.63) is 144 Å². The van der Waals surface area contributed by atoms with E-state index < -0.39 is 11.6 Å². The van der Waals surface area contributed by atoms with Crippen molar-refractivity contribution in [3.8, 4) is 22.5 Å². The van der Waals surface area contributed by atoms with Gasteiger partial charge in [0.05, 0.1) is 11.4 Å². The SMILES string of the molecule is C=C(C)C(=O)OC1(c2cccc3ccccc23)c2cccnc2-c2nccc(-c3cccc4ccccc34)c21. The number of hydrogen-bond donors (Lipinski definition) is 0. The number of fused-ring (bicyclic) bond motifs is 5. The summed E-state index contributed by atoms with van der Waals surface area (Å²) in [5.74, 6) is -0.474. The molecule has 4 nitrogen and oxygen atoms in total. The van der Waals surface area contributed by atoms with Crippen LogP contribution in [0.1, 0.15) is 23.6 Å². The quantitative estimate of drug-likeness (QED) is 0.181. The van der Waals surface area contributed by atoms with Crippen molar-refractivity contribution in [2.75, 3.05) is 0 Å². The lowest BCUT2D eigenvalue weighted by atomic mass is 9.78. The van der Waals surface area contributed by atoms with Gasteiger partial charge in [0.25, 0.3) is 0 Å². The molecule has 0 saturated heterocycles. The van der Waals surface area contributed by atoms with Gasteiger partial charge in [-0.25, -0.2) is 4.79 Å². The van der Waals surface area contributed by atoms with Crippen molar-refractivity contribution in [1.82, 2.24) is 9.97 Å². The van der Waals surface area contributed by atoms with E-state index in [4.69, 9.17) is 14.7 Å². The van der Waals surface area contributed by atoms with Gasteiger partial charge in [-0.05, 0) is 51.7 Å². The van der Waals surface area contributed by atoms with Gasteiger partial charge in [-0.3, -0.25) is 9.97 Å². The Bertz CT molecular complexity index is 1950. The second kappa shape index (κ2) is 8.74. The molecule has 0 radical (unpaired) electrons. The van der Waals surface area contributed by atoms with Crippen LogP contribution in [-0.4, -0.2) is 15.9 Å². The monoisotopic (exact) mass is 504 g/mol. The number of rotatable bonds is 4. The third-order valence-electron chi connectivity index (χ3n) is 7.56. The maximum Gasteiger partial charge on any atom is 0.334 e.